The van der Waals surface area contributed by atoms with Crippen molar-refractivity contribution in [1.29, 1.82) is 0 Å². The van der Waals surface area contributed by atoms with E-state index in [1.807, 2.05) is 59.5 Å². The fraction of sp³-hybridized carbons (Fsp3) is 0.483. The molecule has 35 heavy (non-hydrogen) atoms. The van der Waals surface area contributed by atoms with Crippen molar-refractivity contribution in [3.05, 3.63) is 66.0 Å². The van der Waals surface area contributed by atoms with E-state index in [1.165, 1.54) is 5.56 Å². The number of nitrogens with zero attached hydrogens (tertiary/aromatic N) is 3. The van der Waals surface area contributed by atoms with Crippen molar-refractivity contribution in [3.63, 3.8) is 0 Å². The van der Waals surface area contributed by atoms with E-state index in [-0.39, 0.29) is 11.8 Å². The molecule has 0 bridgehead atoms. The van der Waals surface area contributed by atoms with Gasteiger partial charge < -0.3 is 14.8 Å². The quantitative estimate of drug-likeness (QED) is 0.358. The summed E-state index contributed by atoms with van der Waals surface area (Å²) in [7, 11) is 0. The number of aromatic nitrogens is 2. The van der Waals surface area contributed by atoms with Gasteiger partial charge in [-0.1, -0.05) is 70.2 Å². The van der Waals surface area contributed by atoms with Crippen LogP contribution in [0.25, 0.3) is 11.0 Å². The Morgan fingerprint density at radius 1 is 0.914 bits per heavy atom. The fourth-order valence-corrected chi connectivity index (χ4v) is 4.35. The molecule has 2 amide bonds. The highest BCUT2D eigenvalue weighted by Gasteiger charge is 2.20. The molecule has 1 heterocycles. The normalized spacial score (nSPS) is 11.4. The van der Waals surface area contributed by atoms with Crippen LogP contribution in [0.15, 0.2) is 54.6 Å². The molecule has 0 radical (unpaired) electrons. The third-order valence-corrected chi connectivity index (χ3v) is 5.93. The van der Waals surface area contributed by atoms with E-state index in [0.717, 1.165) is 42.8 Å². The summed E-state index contributed by atoms with van der Waals surface area (Å²) in [4.78, 5) is 32.4. The van der Waals surface area contributed by atoms with Crippen molar-refractivity contribution in [2.75, 3.05) is 19.6 Å². The van der Waals surface area contributed by atoms with Gasteiger partial charge in [0, 0.05) is 32.5 Å². The van der Waals surface area contributed by atoms with Gasteiger partial charge in [-0.25, -0.2) is 4.98 Å². The second-order valence-electron chi connectivity index (χ2n) is 10.1. The Morgan fingerprint density at radius 2 is 1.57 bits per heavy atom. The number of para-hydroxylation sites is 2. The van der Waals surface area contributed by atoms with Gasteiger partial charge in [-0.15, -0.1) is 0 Å². The third-order valence-electron chi connectivity index (χ3n) is 5.93. The van der Waals surface area contributed by atoms with Crippen LogP contribution in [0.4, 0.5) is 0 Å². The molecule has 3 aromatic rings. The van der Waals surface area contributed by atoms with Crippen molar-refractivity contribution in [2.45, 2.75) is 59.9 Å². The van der Waals surface area contributed by atoms with Crippen LogP contribution in [0.5, 0.6) is 0 Å². The number of carbonyl (C=O) groups excluding carboxylic acids is 2. The standard InChI is InChI=1S/C29H40N4O2/c1-22(2)19-32(20-23(3)4)29(35)21-33-26-14-9-8-13-25(26)31-27(33)15-10-18-30-28(34)17-16-24-11-6-5-7-12-24/h5-9,11-14,22-23H,10,15-21H2,1-4H3,(H,30,34). The maximum Gasteiger partial charge on any atom is 0.242 e. The molecule has 2 aromatic carbocycles. The minimum atomic E-state index is 0.0653. The smallest absolute Gasteiger partial charge is 0.242 e. The number of amides is 2. The van der Waals surface area contributed by atoms with Gasteiger partial charge in [0.15, 0.2) is 0 Å². The first-order chi connectivity index (χ1) is 16.8. The van der Waals surface area contributed by atoms with Crippen molar-refractivity contribution in [3.8, 4) is 0 Å². The average molecular weight is 477 g/mol. The molecule has 0 unspecified atom stereocenters. The molecule has 0 aliphatic rings. The van der Waals surface area contributed by atoms with Gasteiger partial charge in [-0.05, 0) is 42.4 Å². The second-order valence-corrected chi connectivity index (χ2v) is 10.1. The summed E-state index contributed by atoms with van der Waals surface area (Å²) in [6, 6.07) is 18.0. The average Bonchev–Trinajstić information content (AvgIpc) is 3.17. The summed E-state index contributed by atoms with van der Waals surface area (Å²) in [5.74, 6) is 1.93. The number of carbonyl (C=O) groups is 2. The highest BCUT2D eigenvalue weighted by Crippen LogP contribution is 2.18. The molecule has 188 valence electrons. The number of hydrogen-bond acceptors (Lipinski definition) is 3. The van der Waals surface area contributed by atoms with Crippen molar-refractivity contribution >= 4 is 22.8 Å². The summed E-state index contributed by atoms with van der Waals surface area (Å²) in [6.45, 7) is 11.0. The Bertz CT molecular complexity index is 1080. The molecule has 0 aliphatic heterocycles. The van der Waals surface area contributed by atoms with Crippen molar-refractivity contribution in [2.24, 2.45) is 11.8 Å². The third kappa shape index (κ3) is 8.23. The maximum absolute atomic E-state index is 13.3. The number of nitrogens with one attached hydrogen (secondary N) is 1. The van der Waals surface area contributed by atoms with Crippen LogP contribution in [0.3, 0.4) is 0 Å². The van der Waals surface area contributed by atoms with Gasteiger partial charge in [0.2, 0.25) is 11.8 Å². The second kappa shape index (κ2) is 13.1. The molecule has 0 spiro atoms. The maximum atomic E-state index is 13.3. The molecule has 6 nitrogen and oxygen atoms in total. The van der Waals surface area contributed by atoms with E-state index in [0.29, 0.717) is 37.8 Å². The lowest BCUT2D eigenvalue weighted by molar-refractivity contribution is -0.132. The van der Waals surface area contributed by atoms with Crippen molar-refractivity contribution < 1.29 is 9.59 Å². The summed E-state index contributed by atoms with van der Waals surface area (Å²) < 4.78 is 2.06. The summed E-state index contributed by atoms with van der Waals surface area (Å²) in [5.41, 5.74) is 3.06. The Balaban J connectivity index is 1.60. The van der Waals surface area contributed by atoms with Crippen LogP contribution < -0.4 is 5.32 Å². The predicted octanol–water partition coefficient (Wildman–Crippen LogP) is 4.86. The molecule has 0 saturated heterocycles. The molecule has 3 rings (SSSR count). The number of rotatable bonds is 13. The van der Waals surface area contributed by atoms with E-state index >= 15 is 0 Å². The molecule has 0 fully saturated rings. The summed E-state index contributed by atoms with van der Waals surface area (Å²) in [5, 5.41) is 3.03. The topological polar surface area (TPSA) is 67.2 Å². The SMILES string of the molecule is CC(C)CN(CC(C)C)C(=O)Cn1c(CCCNC(=O)CCc2ccccc2)nc2ccccc21. The first-order valence-electron chi connectivity index (χ1n) is 12.9. The zero-order chi connectivity index (χ0) is 25.2. The molecule has 1 aromatic heterocycles. The van der Waals surface area contributed by atoms with Gasteiger partial charge in [-0.3, -0.25) is 9.59 Å². The van der Waals surface area contributed by atoms with Gasteiger partial charge in [0.05, 0.1) is 11.0 Å². The summed E-state index contributed by atoms with van der Waals surface area (Å²) in [6.07, 6.45) is 2.71. The largest absolute Gasteiger partial charge is 0.356 e. The highest BCUT2D eigenvalue weighted by molar-refractivity contribution is 5.81. The number of imidazole rings is 1. The Morgan fingerprint density at radius 3 is 2.26 bits per heavy atom. The Hall–Kier alpha value is -3.15. The lowest BCUT2D eigenvalue weighted by Crippen LogP contribution is -2.39. The fourth-order valence-electron chi connectivity index (χ4n) is 4.35. The van der Waals surface area contributed by atoms with E-state index in [4.69, 9.17) is 4.98 Å². The predicted molar refractivity (Wildman–Crippen MR) is 142 cm³/mol. The lowest BCUT2D eigenvalue weighted by atomic mass is 10.1. The van der Waals surface area contributed by atoms with Crippen LogP contribution in [0.2, 0.25) is 0 Å². The zero-order valence-electron chi connectivity index (χ0n) is 21.7. The van der Waals surface area contributed by atoms with Gasteiger partial charge >= 0.3 is 0 Å². The monoisotopic (exact) mass is 476 g/mol. The first-order valence-corrected chi connectivity index (χ1v) is 12.9. The Kier molecular flexibility index (Phi) is 9.88. The van der Waals surface area contributed by atoms with E-state index in [9.17, 15) is 9.59 Å². The number of fused-ring (bicyclic) bond motifs is 1. The number of aryl methyl sites for hydroxylation is 2. The molecule has 0 saturated carbocycles. The zero-order valence-corrected chi connectivity index (χ0v) is 21.7. The molecule has 0 aliphatic carbocycles. The van der Waals surface area contributed by atoms with Crippen LogP contribution in [-0.4, -0.2) is 45.9 Å². The van der Waals surface area contributed by atoms with Crippen LogP contribution in [-0.2, 0) is 29.0 Å². The molecule has 1 N–H and O–H groups in total. The number of hydrogen-bond donors (Lipinski definition) is 1. The minimum absolute atomic E-state index is 0.0653. The first kappa shape index (κ1) is 26.5. The van der Waals surface area contributed by atoms with Gasteiger partial charge in [-0.2, -0.15) is 0 Å². The molecular weight excluding hydrogens is 436 g/mol. The van der Waals surface area contributed by atoms with E-state index < -0.39 is 0 Å². The van der Waals surface area contributed by atoms with Crippen LogP contribution in [0.1, 0.15) is 51.9 Å². The van der Waals surface area contributed by atoms with Gasteiger partial charge in [0.1, 0.15) is 12.4 Å². The molecular formula is C29H40N4O2. The Labute approximate surface area is 209 Å². The molecule has 0 atom stereocenters. The van der Waals surface area contributed by atoms with Crippen LogP contribution in [0, 0.1) is 11.8 Å². The van der Waals surface area contributed by atoms with E-state index in [2.05, 4.69) is 37.6 Å². The summed E-state index contributed by atoms with van der Waals surface area (Å²) >= 11 is 0. The van der Waals surface area contributed by atoms with Gasteiger partial charge in [0.25, 0.3) is 0 Å². The molecule has 6 heteroatoms. The van der Waals surface area contributed by atoms with Crippen LogP contribution >= 0.6 is 0 Å². The lowest BCUT2D eigenvalue weighted by Gasteiger charge is -2.27. The van der Waals surface area contributed by atoms with E-state index in [1.54, 1.807) is 0 Å². The highest BCUT2D eigenvalue weighted by atomic mass is 16.2. The number of benzene rings is 2. The van der Waals surface area contributed by atoms with Crippen molar-refractivity contribution in [1.82, 2.24) is 19.8 Å². The minimum Gasteiger partial charge on any atom is -0.356 e.